The van der Waals surface area contributed by atoms with Crippen LogP contribution in [0.15, 0.2) is 4.99 Å². The van der Waals surface area contributed by atoms with Crippen molar-refractivity contribution < 1.29 is 33.6 Å². The van der Waals surface area contributed by atoms with Crippen LogP contribution in [0.5, 0.6) is 0 Å². The fourth-order valence-corrected chi connectivity index (χ4v) is 2.71. The van der Waals surface area contributed by atoms with Crippen LogP contribution in [-0.4, -0.2) is 80.8 Å². The van der Waals surface area contributed by atoms with E-state index in [9.17, 15) is 28.5 Å². The van der Waals surface area contributed by atoms with Gasteiger partial charge in [0.05, 0.1) is 12.5 Å². The fraction of sp³-hybridized carbons (Fsp3) is 0.667. The first-order valence-corrected chi connectivity index (χ1v) is 10.3. The molecule has 0 aliphatic carbocycles. The van der Waals surface area contributed by atoms with E-state index < -0.39 is 59.1 Å². The molecule has 0 aliphatic rings. The number of carbonyl (C=O) groups excluding carboxylic acids is 2. The monoisotopic (exact) mass is 436 g/mol. The quantitative estimate of drug-likeness (QED) is 0.0810. The van der Waals surface area contributed by atoms with Gasteiger partial charge in [-0.2, -0.15) is 0 Å². The fourth-order valence-electron chi connectivity index (χ4n) is 2.12. The number of aliphatic imine (C=N–C) groups is 1. The predicted molar refractivity (Wildman–Crippen MR) is 105 cm³/mol. The van der Waals surface area contributed by atoms with Gasteiger partial charge in [0.25, 0.3) is 0 Å². The molecule has 0 aromatic carbocycles. The van der Waals surface area contributed by atoms with Crippen molar-refractivity contribution in [3.8, 4) is 0 Å². The van der Waals surface area contributed by atoms with Crippen LogP contribution in [0.25, 0.3) is 0 Å². The molecule has 14 heteroatoms. The summed E-state index contributed by atoms with van der Waals surface area (Å²) in [6, 6.07) is -3.96. The van der Waals surface area contributed by atoms with Gasteiger partial charge in [-0.15, -0.1) is 0 Å². The van der Waals surface area contributed by atoms with Gasteiger partial charge in [0.15, 0.2) is 5.96 Å². The van der Waals surface area contributed by atoms with E-state index in [1.54, 1.807) is 0 Å². The third-order valence-corrected chi connectivity index (χ3v) is 4.44. The average molecular weight is 436 g/mol. The van der Waals surface area contributed by atoms with Crippen LogP contribution in [0.2, 0.25) is 0 Å². The van der Waals surface area contributed by atoms with E-state index in [2.05, 4.69) is 15.6 Å². The summed E-state index contributed by atoms with van der Waals surface area (Å²) in [5, 5.41) is 22.6. The number of nitrogens with two attached hydrogens (primary N) is 3. The Kier molecular flexibility index (Phi) is 12.2. The Bertz CT molecular complexity index is 653. The molecule has 10 N–H and O–H groups in total. The summed E-state index contributed by atoms with van der Waals surface area (Å²) in [6.07, 6.45) is 0.950. The van der Waals surface area contributed by atoms with Crippen LogP contribution < -0.4 is 27.8 Å². The smallest absolute Gasteiger partial charge is 0.326 e. The summed E-state index contributed by atoms with van der Waals surface area (Å²) < 4.78 is 11.1. The molecule has 29 heavy (non-hydrogen) atoms. The molecule has 166 valence electrons. The minimum atomic E-state index is -1.53. The number of carboxylic acids is 2. The van der Waals surface area contributed by atoms with Crippen LogP contribution in [0.1, 0.15) is 25.7 Å². The summed E-state index contributed by atoms with van der Waals surface area (Å²) in [7, 11) is -1.18. The van der Waals surface area contributed by atoms with Crippen molar-refractivity contribution in [2.45, 2.75) is 43.8 Å². The Morgan fingerprint density at radius 2 is 1.62 bits per heavy atom. The van der Waals surface area contributed by atoms with Gasteiger partial charge in [0, 0.05) is 29.4 Å². The zero-order valence-electron chi connectivity index (χ0n) is 16.0. The van der Waals surface area contributed by atoms with Crippen molar-refractivity contribution in [3.63, 3.8) is 0 Å². The number of guanidine groups is 1. The van der Waals surface area contributed by atoms with Crippen molar-refractivity contribution in [1.29, 1.82) is 0 Å². The Balaban J connectivity index is 4.99. The van der Waals surface area contributed by atoms with Crippen LogP contribution in [0, 0.1) is 0 Å². The summed E-state index contributed by atoms with van der Waals surface area (Å²) >= 11 is 0. The predicted octanol–water partition coefficient (Wildman–Crippen LogP) is -3.34. The minimum absolute atomic E-state index is 0.0204. The van der Waals surface area contributed by atoms with Gasteiger partial charge in [0.1, 0.15) is 12.1 Å². The summed E-state index contributed by atoms with van der Waals surface area (Å²) in [4.78, 5) is 50.5. The van der Waals surface area contributed by atoms with Crippen LogP contribution in [0.3, 0.4) is 0 Å². The number of rotatable bonds is 14. The number of aliphatic carboxylic acids is 2. The number of carbonyl (C=O) groups is 4. The number of hydrogen-bond donors (Lipinski definition) is 7. The third kappa shape index (κ3) is 12.4. The Hall–Kier alpha value is -2.74. The Morgan fingerprint density at radius 1 is 1.03 bits per heavy atom. The first kappa shape index (κ1) is 26.3. The maximum atomic E-state index is 12.3. The topological polar surface area (TPSA) is 240 Å². The van der Waals surface area contributed by atoms with Crippen molar-refractivity contribution in [2.75, 3.05) is 18.6 Å². The highest BCUT2D eigenvalue weighted by Crippen LogP contribution is 2.02. The van der Waals surface area contributed by atoms with Crippen LogP contribution >= 0.6 is 0 Å². The number of nitrogens with zero attached hydrogens (tertiary/aromatic N) is 1. The molecule has 13 nitrogen and oxygen atoms in total. The maximum Gasteiger partial charge on any atom is 0.326 e. The molecular formula is C15H28N6O7S. The molecular weight excluding hydrogens is 408 g/mol. The molecule has 0 saturated heterocycles. The van der Waals surface area contributed by atoms with Gasteiger partial charge in [-0.05, 0) is 19.3 Å². The van der Waals surface area contributed by atoms with E-state index in [1.165, 1.54) is 6.26 Å². The van der Waals surface area contributed by atoms with Crippen molar-refractivity contribution in [1.82, 2.24) is 10.6 Å². The zero-order valence-corrected chi connectivity index (χ0v) is 16.8. The summed E-state index contributed by atoms with van der Waals surface area (Å²) in [5.41, 5.74) is 16.0. The van der Waals surface area contributed by atoms with Gasteiger partial charge in [-0.3, -0.25) is 23.6 Å². The number of amides is 2. The molecule has 0 spiro atoms. The lowest BCUT2D eigenvalue weighted by Crippen LogP contribution is -2.55. The number of hydrogen-bond acceptors (Lipinski definition) is 7. The molecule has 0 rings (SSSR count). The second kappa shape index (κ2) is 13.4. The molecule has 0 bridgehead atoms. The number of nitrogens with one attached hydrogen (secondary N) is 2. The highest BCUT2D eigenvalue weighted by atomic mass is 32.2. The standard InChI is InChI=1S/C15H28N6O7S/c1-29(28)6-4-8(16)12(24)21-10(7-11(22)23)13(25)20-9(14(26)27)3-2-5-19-15(17)18/h8-10H,2-7,16H2,1H3,(H,20,25)(H,21,24)(H,22,23)(H,26,27)(H4,17,18,19). The maximum absolute atomic E-state index is 12.3. The third-order valence-electron chi connectivity index (χ3n) is 3.62. The second-order valence-electron chi connectivity index (χ2n) is 6.18. The molecule has 4 atom stereocenters. The molecule has 2 amide bonds. The van der Waals surface area contributed by atoms with E-state index in [4.69, 9.17) is 22.3 Å². The summed E-state index contributed by atoms with van der Waals surface area (Å²) in [5.74, 6) is -4.52. The van der Waals surface area contributed by atoms with E-state index in [0.29, 0.717) is 0 Å². The number of carboxylic acid groups (broad SMARTS) is 2. The van der Waals surface area contributed by atoms with Gasteiger partial charge in [-0.1, -0.05) is 0 Å². The lowest BCUT2D eigenvalue weighted by atomic mass is 10.1. The highest BCUT2D eigenvalue weighted by Gasteiger charge is 2.29. The van der Waals surface area contributed by atoms with E-state index >= 15 is 0 Å². The minimum Gasteiger partial charge on any atom is -0.481 e. The highest BCUT2D eigenvalue weighted by molar-refractivity contribution is 7.84. The average Bonchev–Trinajstić information content (AvgIpc) is 2.60. The van der Waals surface area contributed by atoms with Gasteiger partial charge in [-0.25, -0.2) is 4.79 Å². The molecule has 0 fully saturated rings. The first-order chi connectivity index (χ1) is 13.4. The second-order valence-corrected chi connectivity index (χ2v) is 7.73. The molecule has 0 radical (unpaired) electrons. The normalized spacial score (nSPS) is 14.7. The molecule has 4 unspecified atom stereocenters. The van der Waals surface area contributed by atoms with Crippen molar-refractivity contribution in [2.24, 2.45) is 22.2 Å². The lowest BCUT2D eigenvalue weighted by Gasteiger charge is -2.21. The van der Waals surface area contributed by atoms with E-state index in [-0.39, 0.29) is 37.5 Å². The molecule has 0 heterocycles. The van der Waals surface area contributed by atoms with Gasteiger partial charge < -0.3 is 38.0 Å². The molecule has 0 aromatic rings. The zero-order chi connectivity index (χ0) is 22.6. The largest absolute Gasteiger partial charge is 0.481 e. The Morgan fingerprint density at radius 3 is 2.10 bits per heavy atom. The SMILES string of the molecule is CS(=O)CCC(N)C(=O)NC(CC(=O)O)C(=O)NC(CCCN=C(N)N)C(=O)O. The van der Waals surface area contributed by atoms with Crippen LogP contribution in [0.4, 0.5) is 0 Å². The lowest BCUT2D eigenvalue weighted by molar-refractivity contribution is -0.143. The molecule has 0 saturated carbocycles. The van der Waals surface area contributed by atoms with Gasteiger partial charge >= 0.3 is 11.9 Å². The van der Waals surface area contributed by atoms with Gasteiger partial charge in [0.2, 0.25) is 11.8 Å². The van der Waals surface area contributed by atoms with Crippen LogP contribution in [-0.2, 0) is 30.0 Å². The van der Waals surface area contributed by atoms with Crippen molar-refractivity contribution in [3.05, 3.63) is 0 Å². The molecule has 0 aliphatic heterocycles. The first-order valence-electron chi connectivity index (χ1n) is 8.60. The van der Waals surface area contributed by atoms with Crippen molar-refractivity contribution >= 4 is 40.5 Å². The van der Waals surface area contributed by atoms with E-state index in [0.717, 1.165) is 0 Å². The van der Waals surface area contributed by atoms with E-state index in [1.807, 2.05) is 0 Å². The summed E-state index contributed by atoms with van der Waals surface area (Å²) in [6.45, 7) is 0.144. The Labute approximate surface area is 169 Å². The molecule has 0 aromatic heterocycles.